The van der Waals surface area contributed by atoms with E-state index in [0.29, 0.717) is 12.0 Å². The Morgan fingerprint density at radius 3 is 2.41 bits per heavy atom. The molecule has 0 saturated heterocycles. The van der Waals surface area contributed by atoms with E-state index >= 15 is 0 Å². The minimum absolute atomic E-state index is 0.0432. The van der Waals surface area contributed by atoms with Crippen molar-refractivity contribution >= 4 is 17.6 Å². The number of aryl methyl sites for hydroxylation is 2. The smallest absolute Gasteiger partial charge is 0.338 e. The number of esters is 1. The van der Waals surface area contributed by atoms with Gasteiger partial charge in [0.15, 0.2) is 0 Å². The highest BCUT2D eigenvalue weighted by Gasteiger charge is 2.12. The van der Waals surface area contributed by atoms with Crippen LogP contribution in [0.4, 0.5) is 5.69 Å². The maximum atomic E-state index is 11.5. The molecule has 17 heavy (non-hydrogen) atoms. The summed E-state index contributed by atoms with van der Waals surface area (Å²) in [5.41, 5.74) is 2.90. The van der Waals surface area contributed by atoms with Crippen LogP contribution in [-0.4, -0.2) is 19.0 Å². The van der Waals surface area contributed by atoms with Gasteiger partial charge >= 0.3 is 5.97 Å². The lowest BCUT2D eigenvalue weighted by Crippen LogP contribution is -2.12. The molecule has 0 spiro atoms. The fourth-order valence-electron chi connectivity index (χ4n) is 1.52. The van der Waals surface area contributed by atoms with Crippen LogP contribution in [0.15, 0.2) is 12.1 Å². The Hall–Kier alpha value is -1.84. The molecule has 0 aliphatic carbocycles. The van der Waals surface area contributed by atoms with Gasteiger partial charge in [0, 0.05) is 12.1 Å². The molecule has 1 rings (SSSR count). The van der Waals surface area contributed by atoms with Gasteiger partial charge in [-0.05, 0) is 37.1 Å². The van der Waals surface area contributed by atoms with Gasteiger partial charge in [0.1, 0.15) is 0 Å². The SMILES string of the molecule is CCC(=O)Nc1cc(C)c(C(=O)OC)cc1C. The minimum atomic E-state index is -0.362. The van der Waals surface area contributed by atoms with Gasteiger partial charge in [-0.2, -0.15) is 0 Å². The number of methoxy groups -OCH3 is 1. The van der Waals surface area contributed by atoms with E-state index in [9.17, 15) is 9.59 Å². The number of rotatable bonds is 3. The number of carbonyl (C=O) groups excluding carboxylic acids is 2. The average Bonchev–Trinajstić information content (AvgIpc) is 2.32. The summed E-state index contributed by atoms with van der Waals surface area (Å²) in [7, 11) is 1.35. The number of carbonyl (C=O) groups is 2. The average molecular weight is 235 g/mol. The zero-order chi connectivity index (χ0) is 13.0. The highest BCUT2D eigenvalue weighted by Crippen LogP contribution is 2.21. The van der Waals surface area contributed by atoms with Gasteiger partial charge in [-0.1, -0.05) is 6.92 Å². The van der Waals surface area contributed by atoms with Crippen molar-refractivity contribution in [2.75, 3.05) is 12.4 Å². The van der Waals surface area contributed by atoms with E-state index in [4.69, 9.17) is 0 Å². The van der Waals surface area contributed by atoms with Gasteiger partial charge in [0.25, 0.3) is 0 Å². The van der Waals surface area contributed by atoms with Gasteiger partial charge in [-0.25, -0.2) is 4.79 Å². The highest BCUT2D eigenvalue weighted by molar-refractivity contribution is 5.95. The molecule has 1 aromatic rings. The van der Waals surface area contributed by atoms with Gasteiger partial charge in [0.2, 0.25) is 5.91 Å². The van der Waals surface area contributed by atoms with Crippen molar-refractivity contribution in [2.24, 2.45) is 0 Å². The molecular formula is C13H17NO3. The Morgan fingerprint density at radius 2 is 1.88 bits per heavy atom. The van der Waals surface area contributed by atoms with Crippen molar-refractivity contribution in [1.82, 2.24) is 0 Å². The molecule has 0 aromatic heterocycles. The molecule has 0 atom stereocenters. The summed E-state index contributed by atoms with van der Waals surface area (Å²) >= 11 is 0. The zero-order valence-corrected chi connectivity index (χ0v) is 10.6. The molecule has 0 fully saturated rings. The van der Waals surface area contributed by atoms with Crippen LogP contribution >= 0.6 is 0 Å². The normalized spacial score (nSPS) is 9.88. The van der Waals surface area contributed by atoms with Crippen LogP contribution in [-0.2, 0) is 9.53 Å². The fraction of sp³-hybridized carbons (Fsp3) is 0.385. The molecule has 0 heterocycles. The van der Waals surface area contributed by atoms with Crippen molar-refractivity contribution in [1.29, 1.82) is 0 Å². The summed E-state index contributed by atoms with van der Waals surface area (Å²) in [5, 5.41) is 2.79. The van der Waals surface area contributed by atoms with E-state index in [0.717, 1.165) is 16.8 Å². The van der Waals surface area contributed by atoms with Crippen LogP contribution in [0.25, 0.3) is 0 Å². The largest absolute Gasteiger partial charge is 0.465 e. The number of hydrogen-bond acceptors (Lipinski definition) is 3. The van der Waals surface area contributed by atoms with E-state index in [-0.39, 0.29) is 11.9 Å². The third-order valence-electron chi connectivity index (χ3n) is 2.57. The van der Waals surface area contributed by atoms with Gasteiger partial charge in [-0.15, -0.1) is 0 Å². The lowest BCUT2D eigenvalue weighted by atomic mass is 10.0. The second-order valence-electron chi connectivity index (χ2n) is 3.88. The van der Waals surface area contributed by atoms with E-state index in [1.54, 1.807) is 19.1 Å². The first kappa shape index (κ1) is 13.2. The van der Waals surface area contributed by atoms with E-state index in [1.165, 1.54) is 7.11 Å². The number of benzene rings is 1. The molecule has 4 heteroatoms. The molecule has 0 bridgehead atoms. The van der Waals surface area contributed by atoms with E-state index in [2.05, 4.69) is 10.1 Å². The number of nitrogens with one attached hydrogen (secondary N) is 1. The lowest BCUT2D eigenvalue weighted by molar-refractivity contribution is -0.115. The Balaban J connectivity index is 3.09. The maximum Gasteiger partial charge on any atom is 0.338 e. The first-order chi connectivity index (χ1) is 7.99. The third-order valence-corrected chi connectivity index (χ3v) is 2.57. The molecule has 0 saturated carbocycles. The van der Waals surface area contributed by atoms with E-state index in [1.807, 2.05) is 13.8 Å². The predicted molar refractivity (Wildman–Crippen MR) is 66.2 cm³/mol. The molecule has 4 nitrogen and oxygen atoms in total. The van der Waals surface area contributed by atoms with Gasteiger partial charge in [-0.3, -0.25) is 4.79 Å². The molecule has 92 valence electrons. The number of hydrogen-bond donors (Lipinski definition) is 1. The monoisotopic (exact) mass is 235 g/mol. The molecule has 0 aliphatic rings. The third kappa shape index (κ3) is 3.06. The van der Waals surface area contributed by atoms with Crippen molar-refractivity contribution < 1.29 is 14.3 Å². The topological polar surface area (TPSA) is 55.4 Å². The standard InChI is InChI=1S/C13H17NO3/c1-5-12(15)14-11-7-8(2)10(6-9(11)3)13(16)17-4/h6-7H,5H2,1-4H3,(H,14,15). The zero-order valence-electron chi connectivity index (χ0n) is 10.6. The molecule has 1 amide bonds. The molecule has 1 N–H and O–H groups in total. The molecule has 0 unspecified atom stereocenters. The summed E-state index contributed by atoms with van der Waals surface area (Å²) in [4.78, 5) is 22.8. The van der Waals surface area contributed by atoms with Crippen LogP contribution in [0.2, 0.25) is 0 Å². The summed E-state index contributed by atoms with van der Waals surface area (Å²) < 4.78 is 4.69. The van der Waals surface area contributed by atoms with Crippen molar-refractivity contribution in [3.05, 3.63) is 28.8 Å². The fourth-order valence-corrected chi connectivity index (χ4v) is 1.52. The predicted octanol–water partition coefficient (Wildman–Crippen LogP) is 2.44. The molecular weight excluding hydrogens is 218 g/mol. The van der Waals surface area contributed by atoms with Crippen molar-refractivity contribution in [2.45, 2.75) is 27.2 Å². The van der Waals surface area contributed by atoms with Crippen LogP contribution in [0, 0.1) is 13.8 Å². The van der Waals surface area contributed by atoms with Crippen molar-refractivity contribution in [3.63, 3.8) is 0 Å². The van der Waals surface area contributed by atoms with Crippen LogP contribution in [0.3, 0.4) is 0 Å². The Kier molecular flexibility index (Phi) is 4.26. The highest BCUT2D eigenvalue weighted by atomic mass is 16.5. The number of ether oxygens (including phenoxy) is 1. The van der Waals surface area contributed by atoms with Gasteiger partial charge in [0.05, 0.1) is 12.7 Å². The van der Waals surface area contributed by atoms with Crippen LogP contribution in [0.5, 0.6) is 0 Å². The first-order valence-corrected chi connectivity index (χ1v) is 5.49. The minimum Gasteiger partial charge on any atom is -0.465 e. The summed E-state index contributed by atoms with van der Waals surface area (Å²) in [6, 6.07) is 3.52. The Labute approximate surface area is 101 Å². The Bertz CT molecular complexity index is 452. The van der Waals surface area contributed by atoms with Crippen LogP contribution in [0.1, 0.15) is 34.8 Å². The second-order valence-corrected chi connectivity index (χ2v) is 3.88. The second kappa shape index (κ2) is 5.48. The van der Waals surface area contributed by atoms with Crippen molar-refractivity contribution in [3.8, 4) is 0 Å². The summed E-state index contributed by atoms with van der Waals surface area (Å²) in [5.74, 6) is -0.405. The van der Waals surface area contributed by atoms with Gasteiger partial charge < -0.3 is 10.1 Å². The number of anilines is 1. The summed E-state index contributed by atoms with van der Waals surface area (Å²) in [6.07, 6.45) is 0.428. The Morgan fingerprint density at radius 1 is 1.24 bits per heavy atom. The first-order valence-electron chi connectivity index (χ1n) is 5.49. The summed E-state index contributed by atoms with van der Waals surface area (Å²) in [6.45, 7) is 5.45. The molecule has 0 radical (unpaired) electrons. The molecule has 0 aliphatic heterocycles. The molecule has 1 aromatic carbocycles. The van der Waals surface area contributed by atoms with Crippen LogP contribution < -0.4 is 5.32 Å². The lowest BCUT2D eigenvalue weighted by Gasteiger charge is -2.11. The number of amides is 1. The maximum absolute atomic E-state index is 11.5. The quantitative estimate of drug-likeness (QED) is 0.819. The van der Waals surface area contributed by atoms with E-state index < -0.39 is 0 Å².